The summed E-state index contributed by atoms with van der Waals surface area (Å²) in [4.78, 5) is 75.1. The number of hydrazone groups is 1. The number of benzene rings is 2. The third kappa shape index (κ3) is 18.6. The third-order valence-corrected chi connectivity index (χ3v) is 7.92. The topological polar surface area (TPSA) is 259 Å². The fourth-order valence-electron chi connectivity index (χ4n) is 5.00. The summed E-state index contributed by atoms with van der Waals surface area (Å²) in [6.07, 6.45) is -0.334. The van der Waals surface area contributed by atoms with E-state index in [-0.39, 0.29) is 51.8 Å². The highest BCUT2D eigenvalue weighted by atomic mass is 35.5. The Balaban J connectivity index is 2.06. The first-order chi connectivity index (χ1) is 25.0. The predicted octanol–water partition coefficient (Wildman–Crippen LogP) is 3.29. The fraction of sp³-hybridized carbons (Fsp3) is 0.486. The second-order valence-corrected chi connectivity index (χ2v) is 13.5. The molecule has 17 nitrogen and oxygen atoms in total. The molecule has 4 amide bonds. The fourth-order valence-corrected chi connectivity index (χ4v) is 5.19. The van der Waals surface area contributed by atoms with E-state index < -0.39 is 64.4 Å². The number of Topliss-reactive ketones (excluding diaryl/α,β-unsaturated/α-hetero) is 1. The van der Waals surface area contributed by atoms with Crippen LogP contribution in [0.15, 0.2) is 59.7 Å². The minimum absolute atomic E-state index is 0.000601. The highest BCUT2D eigenvalue weighted by Gasteiger charge is 2.31. The number of nitrogens with one attached hydrogen (secondary N) is 4. The number of nitrogens with zero attached hydrogens (tertiary/aromatic N) is 2. The maximum atomic E-state index is 13.7. The largest absolute Gasteiger partial charge is 0.445 e. The van der Waals surface area contributed by atoms with Crippen LogP contribution in [0.2, 0.25) is 5.02 Å². The molecule has 2 aromatic carbocycles. The van der Waals surface area contributed by atoms with E-state index in [9.17, 15) is 34.1 Å². The number of amides is 4. The Kier molecular flexibility index (Phi) is 18.5. The van der Waals surface area contributed by atoms with E-state index in [0.717, 1.165) is 5.56 Å². The van der Waals surface area contributed by atoms with Crippen molar-refractivity contribution in [2.75, 3.05) is 13.1 Å². The molecular weight excluding hydrogens is 712 g/mol. The number of halogens is 1. The molecule has 0 fully saturated rings. The van der Waals surface area contributed by atoms with Crippen LogP contribution in [0.25, 0.3) is 0 Å². The number of hydrogen-bond donors (Lipinski definition) is 6. The lowest BCUT2D eigenvalue weighted by Gasteiger charge is -2.25. The lowest BCUT2D eigenvalue weighted by atomic mass is 9.90. The van der Waals surface area contributed by atoms with Crippen molar-refractivity contribution in [1.29, 1.82) is 0 Å². The molecule has 0 aliphatic rings. The number of unbranched alkanes of at least 4 members (excludes halogenated alkanes) is 1. The second-order valence-electron chi connectivity index (χ2n) is 13.1. The van der Waals surface area contributed by atoms with Crippen LogP contribution in [0.1, 0.15) is 70.4 Å². The number of alkyl carbamates (subject to hydrolysis) is 2. The molecule has 0 saturated carbocycles. The Morgan fingerprint density at radius 3 is 2.15 bits per heavy atom. The van der Waals surface area contributed by atoms with Crippen LogP contribution in [-0.4, -0.2) is 71.6 Å². The van der Waals surface area contributed by atoms with Gasteiger partial charge in [-0.2, -0.15) is 0 Å². The number of rotatable bonds is 21. The quantitative estimate of drug-likeness (QED) is 0.0354. The number of carbonyl (C=O) groups is 5. The van der Waals surface area contributed by atoms with Gasteiger partial charge in [-0.05, 0) is 70.9 Å². The average molecular weight is 761 g/mol. The molecule has 0 heterocycles. The zero-order valence-electron chi connectivity index (χ0n) is 30.1. The maximum Gasteiger partial charge on any atom is 0.408 e. The number of guanidine groups is 1. The minimum atomic E-state index is -1.10. The SMILES string of the molecule is CC(C)(C)OC(=O)N[C@H](CCCN/C(N)=N\[N+](=O)[O-])C(=O)C[C@@H](Cc1ccccc1)C(=O)N[C@@H](CCCCNC(=O)OCc1ccccc1Cl)C(N)=O. The number of nitro groups is 1. The lowest BCUT2D eigenvalue weighted by molar-refractivity contribution is -0.485. The molecule has 3 atom stereocenters. The number of primary amides is 1. The van der Waals surface area contributed by atoms with Crippen molar-refractivity contribution >= 4 is 47.3 Å². The average Bonchev–Trinajstić information content (AvgIpc) is 3.07. The van der Waals surface area contributed by atoms with Gasteiger partial charge in [-0.3, -0.25) is 14.4 Å². The number of hydrogen-bond acceptors (Lipinski definition) is 9. The molecule has 53 heavy (non-hydrogen) atoms. The van der Waals surface area contributed by atoms with Crippen molar-refractivity contribution < 1.29 is 38.5 Å². The van der Waals surface area contributed by atoms with Crippen molar-refractivity contribution in [3.8, 4) is 0 Å². The van der Waals surface area contributed by atoms with E-state index in [1.54, 1.807) is 75.4 Å². The van der Waals surface area contributed by atoms with Crippen LogP contribution >= 0.6 is 11.6 Å². The van der Waals surface area contributed by atoms with Crippen molar-refractivity contribution in [2.24, 2.45) is 22.5 Å². The van der Waals surface area contributed by atoms with E-state index >= 15 is 0 Å². The minimum Gasteiger partial charge on any atom is -0.445 e. The number of carbonyl (C=O) groups excluding carboxylic acids is 5. The molecule has 0 radical (unpaired) electrons. The van der Waals surface area contributed by atoms with Gasteiger partial charge in [-0.25, -0.2) is 19.7 Å². The first-order valence-electron chi connectivity index (χ1n) is 17.1. The van der Waals surface area contributed by atoms with Crippen molar-refractivity contribution in [3.63, 3.8) is 0 Å². The van der Waals surface area contributed by atoms with Gasteiger partial charge in [0.05, 0.1) is 6.04 Å². The first kappa shape index (κ1) is 43.7. The molecule has 0 saturated heterocycles. The Hall–Kier alpha value is -5.45. The molecule has 0 unspecified atom stereocenters. The Bertz CT molecular complexity index is 1570. The highest BCUT2D eigenvalue weighted by molar-refractivity contribution is 6.31. The zero-order chi connectivity index (χ0) is 39.4. The second kappa shape index (κ2) is 22.5. The van der Waals surface area contributed by atoms with Gasteiger partial charge in [0.15, 0.2) is 10.8 Å². The standard InChI is InChI=1S/C35H49ClN8O9/c1-35(2,3)53-34(49)42-27(17-11-19-39-32(38)43-44(50)51)29(45)21-25(20-23-12-5-4-6-13-23)31(47)41-28(30(37)46)16-9-10-18-40-33(48)52-22-24-14-7-8-15-26(24)36/h4-8,12-15,25,27-28H,9-11,16-22H2,1-3H3,(H2,37,46)(H,40,48)(H,41,47)(H,42,49)(H3,38,39,43)/t25-,27-,28+/m1/s1. The maximum absolute atomic E-state index is 13.7. The molecule has 0 aliphatic carbocycles. The van der Waals surface area contributed by atoms with Crippen LogP contribution < -0.4 is 32.7 Å². The summed E-state index contributed by atoms with van der Waals surface area (Å²) in [5.41, 5.74) is 11.7. The van der Waals surface area contributed by atoms with Crippen LogP contribution in [0, 0.1) is 16.0 Å². The van der Waals surface area contributed by atoms with E-state index in [1.807, 2.05) is 0 Å². The van der Waals surface area contributed by atoms with Gasteiger partial charge >= 0.3 is 12.2 Å². The van der Waals surface area contributed by atoms with E-state index in [1.165, 1.54) is 0 Å². The van der Waals surface area contributed by atoms with Crippen LogP contribution in [0.4, 0.5) is 9.59 Å². The summed E-state index contributed by atoms with van der Waals surface area (Å²) in [7, 11) is 0. The first-order valence-corrected chi connectivity index (χ1v) is 17.4. The van der Waals surface area contributed by atoms with Gasteiger partial charge in [-0.1, -0.05) is 60.1 Å². The Morgan fingerprint density at radius 1 is 0.868 bits per heavy atom. The van der Waals surface area contributed by atoms with E-state index in [2.05, 4.69) is 26.4 Å². The molecular formula is C35H49ClN8O9. The molecule has 290 valence electrons. The Labute approximate surface area is 313 Å². The van der Waals surface area contributed by atoms with Gasteiger partial charge in [0.25, 0.3) is 5.96 Å². The lowest BCUT2D eigenvalue weighted by Crippen LogP contribution is -2.49. The van der Waals surface area contributed by atoms with Crippen molar-refractivity contribution in [3.05, 3.63) is 80.9 Å². The number of ether oxygens (including phenoxy) is 2. The summed E-state index contributed by atoms with van der Waals surface area (Å²) >= 11 is 6.08. The molecule has 0 spiro atoms. The summed E-state index contributed by atoms with van der Waals surface area (Å²) in [6.45, 7) is 5.32. The number of ketones is 1. The van der Waals surface area contributed by atoms with E-state index in [0.29, 0.717) is 23.4 Å². The van der Waals surface area contributed by atoms with Gasteiger partial charge in [0.1, 0.15) is 23.4 Å². The molecule has 2 rings (SSSR count). The van der Waals surface area contributed by atoms with Crippen molar-refractivity contribution in [1.82, 2.24) is 21.3 Å². The molecule has 2 aromatic rings. The molecule has 18 heteroatoms. The predicted molar refractivity (Wildman–Crippen MR) is 197 cm³/mol. The molecule has 8 N–H and O–H groups in total. The van der Waals surface area contributed by atoms with Gasteiger partial charge < -0.3 is 42.2 Å². The van der Waals surface area contributed by atoms with Gasteiger partial charge in [0.2, 0.25) is 11.8 Å². The molecule has 0 aromatic heterocycles. The monoisotopic (exact) mass is 760 g/mol. The number of nitrogens with two attached hydrogens (primary N) is 2. The Morgan fingerprint density at radius 2 is 1.51 bits per heavy atom. The van der Waals surface area contributed by atoms with Crippen LogP contribution in [0.3, 0.4) is 0 Å². The van der Waals surface area contributed by atoms with Gasteiger partial charge in [-0.15, -0.1) is 0 Å². The highest BCUT2D eigenvalue weighted by Crippen LogP contribution is 2.18. The van der Waals surface area contributed by atoms with Crippen LogP contribution in [0.5, 0.6) is 0 Å². The summed E-state index contributed by atoms with van der Waals surface area (Å²) in [5, 5.41) is 23.5. The third-order valence-electron chi connectivity index (χ3n) is 7.55. The van der Waals surface area contributed by atoms with Crippen molar-refractivity contribution in [2.45, 2.75) is 90.0 Å². The summed E-state index contributed by atoms with van der Waals surface area (Å²) in [6, 6.07) is 13.8. The van der Waals surface area contributed by atoms with Crippen LogP contribution in [-0.2, 0) is 36.9 Å². The normalized spacial score (nSPS) is 13.1. The smallest absolute Gasteiger partial charge is 0.408 e. The van der Waals surface area contributed by atoms with E-state index in [4.69, 9.17) is 32.5 Å². The summed E-state index contributed by atoms with van der Waals surface area (Å²) in [5.74, 6) is -3.22. The molecule has 0 bridgehead atoms. The summed E-state index contributed by atoms with van der Waals surface area (Å²) < 4.78 is 10.5. The molecule has 0 aliphatic heterocycles. The van der Waals surface area contributed by atoms with Gasteiger partial charge in [0, 0.05) is 36.0 Å². The zero-order valence-corrected chi connectivity index (χ0v) is 30.9.